The van der Waals surface area contributed by atoms with Crippen molar-refractivity contribution in [3.8, 4) is 0 Å². The van der Waals surface area contributed by atoms with Gasteiger partial charge in [-0.2, -0.15) is 0 Å². The van der Waals surface area contributed by atoms with E-state index in [-0.39, 0.29) is 24.0 Å². The number of carbonyl (C=O) groups excluding carboxylic acids is 1. The largest absolute Gasteiger partial charge is 0.379 e. The topological polar surface area (TPSA) is 105 Å². The van der Waals surface area contributed by atoms with Crippen LogP contribution < -0.4 is 10.2 Å². The van der Waals surface area contributed by atoms with Gasteiger partial charge in [-0.25, -0.2) is 0 Å². The number of thiophene rings is 1. The number of ether oxygens (including phenoxy) is 1. The summed E-state index contributed by atoms with van der Waals surface area (Å²) in [5, 5.41) is 21.8. The van der Waals surface area contributed by atoms with Gasteiger partial charge in [-0.05, 0) is 38.5 Å². The Hall–Kier alpha value is -2.59. The number of anilines is 1. The van der Waals surface area contributed by atoms with Gasteiger partial charge < -0.3 is 10.1 Å². The first-order valence-corrected chi connectivity index (χ1v) is 12.9. The summed E-state index contributed by atoms with van der Waals surface area (Å²) in [5.41, 5.74) is 3.56. The van der Waals surface area contributed by atoms with E-state index in [0.29, 0.717) is 11.6 Å². The Morgan fingerprint density at radius 3 is 2.60 bits per heavy atom. The molecule has 0 spiro atoms. The second kappa shape index (κ2) is 11.0. The molecule has 1 fully saturated rings. The molecule has 2 aromatic rings. The summed E-state index contributed by atoms with van der Waals surface area (Å²) >= 11 is 7.68. The number of aryl methyl sites for hydroxylation is 1. The summed E-state index contributed by atoms with van der Waals surface area (Å²) < 4.78 is 5.37. The van der Waals surface area contributed by atoms with Gasteiger partial charge in [-0.1, -0.05) is 23.7 Å². The van der Waals surface area contributed by atoms with E-state index in [1.54, 1.807) is 23.2 Å². The van der Waals surface area contributed by atoms with Crippen molar-refractivity contribution in [1.29, 1.82) is 10.8 Å². The molecule has 1 aromatic carbocycles. The van der Waals surface area contributed by atoms with Crippen LogP contribution in [0.3, 0.4) is 0 Å². The molecule has 1 amide bonds. The van der Waals surface area contributed by atoms with E-state index in [0.717, 1.165) is 65.1 Å². The minimum Gasteiger partial charge on any atom is -0.379 e. The van der Waals surface area contributed by atoms with Crippen molar-refractivity contribution < 1.29 is 9.53 Å². The molecule has 2 aliphatic heterocycles. The molecule has 0 bridgehead atoms. The Labute approximate surface area is 215 Å². The number of morpholine rings is 1. The van der Waals surface area contributed by atoms with Gasteiger partial charge in [-0.15, -0.1) is 11.3 Å². The summed E-state index contributed by atoms with van der Waals surface area (Å²) in [6.45, 7) is 10.2. The van der Waals surface area contributed by atoms with Gasteiger partial charge in [-0.3, -0.25) is 30.4 Å². The van der Waals surface area contributed by atoms with Crippen LogP contribution in [0.5, 0.6) is 0 Å². The molecule has 1 atom stereocenters. The van der Waals surface area contributed by atoms with Crippen LogP contribution in [-0.2, 0) is 9.53 Å². The molecule has 3 heterocycles. The lowest BCUT2D eigenvalue weighted by atomic mass is 9.99. The van der Waals surface area contributed by atoms with E-state index >= 15 is 0 Å². The molecular weight excluding hydrogens is 484 g/mol. The minimum absolute atomic E-state index is 0.0375. The SMILES string of the molecule is CC(=N)N1C(=N)C(CC(=O)NCCN2CCOCC2)N=C(c2ccc(Cl)cc2)c2c1sc(C)c2C. The fraction of sp³-hybridized carbons (Fsp3) is 0.440. The van der Waals surface area contributed by atoms with Crippen LogP contribution in [0.1, 0.15) is 34.9 Å². The number of hydrogen-bond acceptors (Lipinski definition) is 7. The van der Waals surface area contributed by atoms with Gasteiger partial charge >= 0.3 is 0 Å². The maximum absolute atomic E-state index is 12.9. The van der Waals surface area contributed by atoms with E-state index in [9.17, 15) is 4.79 Å². The lowest BCUT2D eigenvalue weighted by Crippen LogP contribution is -2.44. The molecular formula is C25H31ClN6O2S. The minimum atomic E-state index is -0.719. The molecule has 4 rings (SSSR count). The predicted octanol–water partition coefficient (Wildman–Crippen LogP) is 3.86. The van der Waals surface area contributed by atoms with Crippen LogP contribution >= 0.6 is 22.9 Å². The number of nitrogens with zero attached hydrogens (tertiary/aromatic N) is 3. The lowest BCUT2D eigenvalue weighted by Gasteiger charge is -2.27. The quantitative estimate of drug-likeness (QED) is 0.402. The van der Waals surface area contributed by atoms with Crippen LogP contribution in [0.15, 0.2) is 29.3 Å². The zero-order valence-corrected chi connectivity index (χ0v) is 21.9. The molecule has 186 valence electrons. The fourth-order valence-electron chi connectivity index (χ4n) is 4.31. The lowest BCUT2D eigenvalue weighted by molar-refractivity contribution is -0.121. The zero-order valence-electron chi connectivity index (χ0n) is 20.3. The number of fused-ring (bicyclic) bond motifs is 1. The van der Waals surface area contributed by atoms with Gasteiger partial charge in [0.2, 0.25) is 5.91 Å². The van der Waals surface area contributed by atoms with Crippen molar-refractivity contribution in [3.05, 3.63) is 50.9 Å². The third kappa shape index (κ3) is 5.64. The monoisotopic (exact) mass is 514 g/mol. The van der Waals surface area contributed by atoms with Crippen molar-refractivity contribution in [3.63, 3.8) is 0 Å². The molecule has 0 radical (unpaired) electrons. The van der Waals surface area contributed by atoms with Gasteiger partial charge in [0.15, 0.2) is 0 Å². The smallest absolute Gasteiger partial charge is 0.222 e. The molecule has 8 nitrogen and oxygen atoms in total. The van der Waals surface area contributed by atoms with Crippen molar-refractivity contribution in [2.24, 2.45) is 4.99 Å². The fourth-order valence-corrected chi connectivity index (χ4v) is 5.66. The molecule has 2 aliphatic rings. The number of nitrogens with one attached hydrogen (secondary N) is 3. The first-order valence-electron chi connectivity index (χ1n) is 11.7. The van der Waals surface area contributed by atoms with E-state index in [1.165, 1.54) is 0 Å². The Kier molecular flexibility index (Phi) is 8.01. The van der Waals surface area contributed by atoms with Crippen molar-refractivity contribution in [2.45, 2.75) is 33.2 Å². The number of aliphatic imine (C=N–C) groups is 1. The van der Waals surface area contributed by atoms with E-state index in [4.69, 9.17) is 32.1 Å². The molecule has 3 N–H and O–H groups in total. The van der Waals surface area contributed by atoms with Crippen LogP contribution in [0.2, 0.25) is 5.02 Å². The molecule has 1 unspecified atom stereocenters. The maximum Gasteiger partial charge on any atom is 0.222 e. The van der Waals surface area contributed by atoms with Crippen molar-refractivity contribution >= 4 is 51.2 Å². The molecule has 1 saturated heterocycles. The van der Waals surface area contributed by atoms with E-state index < -0.39 is 6.04 Å². The van der Waals surface area contributed by atoms with Gasteiger partial charge in [0, 0.05) is 47.2 Å². The number of hydrogen-bond donors (Lipinski definition) is 3. The average Bonchev–Trinajstić information content (AvgIpc) is 3.04. The van der Waals surface area contributed by atoms with Gasteiger partial charge in [0.05, 0.1) is 25.3 Å². The Morgan fingerprint density at radius 2 is 1.94 bits per heavy atom. The predicted molar refractivity (Wildman–Crippen MR) is 143 cm³/mol. The normalized spacial score (nSPS) is 18.6. The van der Waals surface area contributed by atoms with Crippen molar-refractivity contribution in [1.82, 2.24) is 10.2 Å². The third-order valence-corrected chi connectivity index (χ3v) is 7.78. The van der Waals surface area contributed by atoms with E-state index in [1.807, 2.05) is 38.1 Å². The Balaban J connectivity index is 1.63. The van der Waals surface area contributed by atoms with Crippen LogP contribution in [0.4, 0.5) is 5.00 Å². The van der Waals surface area contributed by atoms with Gasteiger partial charge in [0.25, 0.3) is 0 Å². The van der Waals surface area contributed by atoms with E-state index in [2.05, 4.69) is 10.2 Å². The highest BCUT2D eigenvalue weighted by molar-refractivity contribution is 7.17. The highest BCUT2D eigenvalue weighted by Crippen LogP contribution is 2.40. The van der Waals surface area contributed by atoms with Crippen LogP contribution in [0, 0.1) is 24.7 Å². The summed E-state index contributed by atoms with van der Waals surface area (Å²) in [7, 11) is 0. The standard InChI is InChI=1S/C25H31ClN6O2S/c1-15-16(2)35-25-22(15)23(18-4-6-19(26)7-5-18)30-20(24(28)32(25)17(3)27)14-21(33)29-8-9-31-10-12-34-13-11-31/h4-7,20,27-28H,8-14H2,1-3H3,(H,29,33). The Morgan fingerprint density at radius 1 is 1.26 bits per heavy atom. The first kappa shape index (κ1) is 25.5. The second-order valence-electron chi connectivity index (χ2n) is 8.78. The number of carbonyl (C=O) groups is 1. The van der Waals surface area contributed by atoms with Crippen LogP contribution in [-0.4, -0.2) is 73.6 Å². The number of halogens is 1. The summed E-state index contributed by atoms with van der Waals surface area (Å²) in [6, 6.07) is 6.73. The average molecular weight is 515 g/mol. The zero-order chi connectivity index (χ0) is 25.1. The summed E-state index contributed by atoms with van der Waals surface area (Å²) in [5.74, 6) is 0.197. The molecule has 35 heavy (non-hydrogen) atoms. The summed E-state index contributed by atoms with van der Waals surface area (Å²) in [6.07, 6.45) is 0.0375. The van der Waals surface area contributed by atoms with Crippen LogP contribution in [0.25, 0.3) is 0 Å². The number of amides is 1. The number of rotatable bonds is 6. The molecule has 0 saturated carbocycles. The first-order chi connectivity index (χ1) is 16.8. The molecule has 0 aliphatic carbocycles. The highest BCUT2D eigenvalue weighted by Gasteiger charge is 2.34. The number of amidine groups is 2. The highest BCUT2D eigenvalue weighted by atomic mass is 35.5. The maximum atomic E-state index is 12.9. The molecule has 1 aromatic heterocycles. The van der Waals surface area contributed by atoms with Crippen molar-refractivity contribution in [2.75, 3.05) is 44.3 Å². The van der Waals surface area contributed by atoms with Gasteiger partial charge in [0.1, 0.15) is 22.7 Å². The molecule has 10 heteroatoms. The Bertz CT molecular complexity index is 1150. The second-order valence-corrected chi connectivity index (χ2v) is 10.4. The third-order valence-electron chi connectivity index (χ3n) is 6.33. The number of benzene rings is 1. The summed E-state index contributed by atoms with van der Waals surface area (Å²) in [4.78, 5) is 22.9.